The van der Waals surface area contributed by atoms with Crippen molar-refractivity contribution in [3.05, 3.63) is 57.6 Å². The molecule has 6 heteroatoms. The summed E-state index contributed by atoms with van der Waals surface area (Å²) in [6.07, 6.45) is -4.46. The highest BCUT2D eigenvalue weighted by Crippen LogP contribution is 2.33. The summed E-state index contributed by atoms with van der Waals surface area (Å²) in [5.41, 5.74) is 1.10. The monoisotopic (exact) mass is 354 g/mol. The van der Waals surface area contributed by atoms with Crippen LogP contribution in [0.5, 0.6) is 0 Å². The van der Waals surface area contributed by atoms with Crippen molar-refractivity contribution in [2.75, 3.05) is 5.32 Å². The lowest BCUT2D eigenvalue weighted by molar-refractivity contribution is -0.137. The summed E-state index contributed by atoms with van der Waals surface area (Å²) in [7, 11) is 0. The fraction of sp³-hybridized carbons (Fsp3) is 0.133. The average Bonchev–Trinajstić information content (AvgIpc) is 2.41. The summed E-state index contributed by atoms with van der Waals surface area (Å²) in [6, 6.07) is 10.3. The first-order chi connectivity index (χ1) is 9.81. The number of alkyl halides is 3. The Kier molecular flexibility index (Phi) is 4.24. The molecule has 2 aromatic carbocycles. The van der Waals surface area contributed by atoms with Crippen LogP contribution in [0, 0.1) is 18.3 Å². The van der Waals surface area contributed by atoms with E-state index in [2.05, 4.69) is 21.2 Å². The Morgan fingerprint density at radius 3 is 2.33 bits per heavy atom. The van der Waals surface area contributed by atoms with Crippen LogP contribution in [0.3, 0.4) is 0 Å². The average molecular weight is 355 g/mol. The van der Waals surface area contributed by atoms with Crippen molar-refractivity contribution >= 4 is 27.3 Å². The highest BCUT2D eigenvalue weighted by molar-refractivity contribution is 9.10. The van der Waals surface area contributed by atoms with Crippen molar-refractivity contribution in [1.82, 2.24) is 0 Å². The van der Waals surface area contributed by atoms with Gasteiger partial charge in [-0.25, -0.2) is 0 Å². The van der Waals surface area contributed by atoms with Crippen LogP contribution in [-0.2, 0) is 6.18 Å². The second-order valence-corrected chi connectivity index (χ2v) is 5.37. The predicted octanol–water partition coefficient (Wildman–Crippen LogP) is 5.39. The van der Waals surface area contributed by atoms with E-state index in [1.807, 2.05) is 19.1 Å². The zero-order chi connectivity index (χ0) is 15.6. The van der Waals surface area contributed by atoms with Crippen LogP contribution in [0.2, 0.25) is 0 Å². The molecule has 0 radical (unpaired) electrons. The van der Waals surface area contributed by atoms with Crippen LogP contribution < -0.4 is 5.32 Å². The highest BCUT2D eigenvalue weighted by atomic mass is 79.9. The van der Waals surface area contributed by atoms with Gasteiger partial charge in [-0.2, -0.15) is 18.4 Å². The molecule has 0 saturated heterocycles. The summed E-state index contributed by atoms with van der Waals surface area (Å²) in [4.78, 5) is 0. The van der Waals surface area contributed by atoms with E-state index in [0.29, 0.717) is 5.69 Å². The van der Waals surface area contributed by atoms with Crippen LogP contribution in [0.4, 0.5) is 24.5 Å². The maximum absolute atomic E-state index is 12.6. The third-order valence-electron chi connectivity index (χ3n) is 2.93. The van der Waals surface area contributed by atoms with E-state index in [-0.39, 0.29) is 5.56 Å². The van der Waals surface area contributed by atoms with Gasteiger partial charge in [0.25, 0.3) is 0 Å². The summed E-state index contributed by atoms with van der Waals surface area (Å²) < 4.78 is 38.8. The topological polar surface area (TPSA) is 35.8 Å². The molecule has 0 saturated carbocycles. The number of hydrogen-bond acceptors (Lipinski definition) is 2. The molecule has 0 aliphatic rings. The molecule has 0 atom stereocenters. The van der Waals surface area contributed by atoms with Crippen LogP contribution in [0.15, 0.2) is 40.9 Å². The molecule has 0 aliphatic heterocycles. The van der Waals surface area contributed by atoms with Crippen molar-refractivity contribution < 1.29 is 13.2 Å². The lowest BCUT2D eigenvalue weighted by Gasteiger charge is -2.13. The lowest BCUT2D eigenvalue weighted by atomic mass is 10.1. The van der Waals surface area contributed by atoms with E-state index in [4.69, 9.17) is 5.26 Å². The van der Waals surface area contributed by atoms with Crippen LogP contribution in [-0.4, -0.2) is 0 Å². The number of anilines is 2. The number of nitrogens with zero attached hydrogens (tertiary/aromatic N) is 1. The molecule has 0 unspecified atom stereocenters. The second kappa shape index (κ2) is 5.78. The van der Waals surface area contributed by atoms with Gasteiger partial charge in [0.1, 0.15) is 6.07 Å². The smallest absolute Gasteiger partial charge is 0.354 e. The van der Waals surface area contributed by atoms with Crippen molar-refractivity contribution in [2.24, 2.45) is 0 Å². The first-order valence-electron chi connectivity index (χ1n) is 5.96. The van der Waals surface area contributed by atoms with Crippen LogP contribution in [0.1, 0.15) is 16.7 Å². The molecule has 0 aliphatic carbocycles. The van der Waals surface area contributed by atoms with E-state index in [0.717, 1.165) is 27.9 Å². The summed E-state index contributed by atoms with van der Waals surface area (Å²) >= 11 is 3.34. The number of nitrogens with one attached hydrogen (secondary N) is 1. The third-order valence-corrected chi connectivity index (χ3v) is 3.42. The Labute approximate surface area is 128 Å². The minimum atomic E-state index is -4.46. The first-order valence-corrected chi connectivity index (χ1v) is 6.75. The van der Waals surface area contributed by atoms with Gasteiger partial charge in [-0.1, -0.05) is 15.9 Å². The van der Waals surface area contributed by atoms with E-state index < -0.39 is 11.7 Å². The minimum absolute atomic E-state index is 0.0489. The Hall–Kier alpha value is -2.00. The zero-order valence-electron chi connectivity index (χ0n) is 10.9. The van der Waals surface area contributed by atoms with Gasteiger partial charge < -0.3 is 5.32 Å². The van der Waals surface area contributed by atoms with E-state index in [9.17, 15) is 13.2 Å². The van der Waals surface area contributed by atoms with E-state index >= 15 is 0 Å². The van der Waals surface area contributed by atoms with Gasteiger partial charge in [-0.3, -0.25) is 0 Å². The van der Waals surface area contributed by atoms with Gasteiger partial charge in [0.2, 0.25) is 0 Å². The SMILES string of the molecule is Cc1cc(Br)ccc1Nc1ccc(C(F)(F)F)cc1C#N. The van der Waals surface area contributed by atoms with Gasteiger partial charge in [-0.05, 0) is 48.9 Å². The standard InChI is InChI=1S/C15H10BrF3N2/c1-9-6-12(16)3-5-13(9)21-14-4-2-11(15(17,18)19)7-10(14)8-20/h2-7,21H,1H3. The number of benzene rings is 2. The van der Waals surface area contributed by atoms with Crippen molar-refractivity contribution in [1.29, 1.82) is 5.26 Å². The molecule has 0 aromatic heterocycles. The molecule has 0 amide bonds. The molecule has 21 heavy (non-hydrogen) atoms. The number of hydrogen-bond donors (Lipinski definition) is 1. The molecular weight excluding hydrogens is 345 g/mol. The van der Waals surface area contributed by atoms with E-state index in [1.165, 1.54) is 6.07 Å². The molecule has 0 heterocycles. The Balaban J connectivity index is 2.39. The molecule has 2 nitrogen and oxygen atoms in total. The summed E-state index contributed by atoms with van der Waals surface area (Å²) in [6.45, 7) is 1.86. The maximum atomic E-state index is 12.6. The molecular formula is C15H10BrF3N2. The fourth-order valence-corrected chi connectivity index (χ4v) is 2.31. The maximum Gasteiger partial charge on any atom is 0.416 e. The highest BCUT2D eigenvalue weighted by Gasteiger charge is 2.31. The Bertz CT molecular complexity index is 718. The number of rotatable bonds is 2. The van der Waals surface area contributed by atoms with Crippen molar-refractivity contribution in [3.63, 3.8) is 0 Å². The number of halogens is 4. The van der Waals surface area contributed by atoms with Gasteiger partial charge in [0.05, 0.1) is 16.8 Å². The van der Waals surface area contributed by atoms with Crippen LogP contribution in [0.25, 0.3) is 0 Å². The molecule has 2 rings (SSSR count). The van der Waals surface area contributed by atoms with Crippen molar-refractivity contribution in [3.8, 4) is 6.07 Å². The van der Waals surface area contributed by atoms with Gasteiger partial charge in [0.15, 0.2) is 0 Å². The van der Waals surface area contributed by atoms with Gasteiger partial charge in [-0.15, -0.1) is 0 Å². The Morgan fingerprint density at radius 2 is 1.76 bits per heavy atom. The molecule has 0 fully saturated rings. The number of aryl methyl sites for hydroxylation is 1. The normalized spacial score (nSPS) is 11.0. The molecule has 108 valence electrons. The van der Waals surface area contributed by atoms with Gasteiger partial charge >= 0.3 is 6.18 Å². The summed E-state index contributed by atoms with van der Waals surface area (Å²) in [5.74, 6) is 0. The largest absolute Gasteiger partial charge is 0.416 e. The Morgan fingerprint density at radius 1 is 1.10 bits per heavy atom. The quantitative estimate of drug-likeness (QED) is 0.784. The number of nitriles is 1. The van der Waals surface area contributed by atoms with Crippen LogP contribution >= 0.6 is 15.9 Å². The third kappa shape index (κ3) is 3.56. The first kappa shape index (κ1) is 15.4. The van der Waals surface area contributed by atoms with E-state index in [1.54, 1.807) is 12.1 Å². The lowest BCUT2D eigenvalue weighted by Crippen LogP contribution is -2.06. The molecule has 1 N–H and O–H groups in total. The minimum Gasteiger partial charge on any atom is -0.354 e. The molecule has 0 spiro atoms. The predicted molar refractivity (Wildman–Crippen MR) is 78.3 cm³/mol. The zero-order valence-corrected chi connectivity index (χ0v) is 12.5. The second-order valence-electron chi connectivity index (χ2n) is 4.45. The fourth-order valence-electron chi connectivity index (χ4n) is 1.83. The van der Waals surface area contributed by atoms with Crippen molar-refractivity contribution in [2.45, 2.75) is 13.1 Å². The molecule has 0 bridgehead atoms. The van der Waals surface area contributed by atoms with Gasteiger partial charge in [0, 0.05) is 10.2 Å². The molecule has 2 aromatic rings. The summed E-state index contributed by atoms with van der Waals surface area (Å²) in [5, 5.41) is 12.0.